The summed E-state index contributed by atoms with van der Waals surface area (Å²) in [5.74, 6) is -4.00. The minimum atomic E-state index is -4.57. The third-order valence-electron chi connectivity index (χ3n) is 3.57. The zero-order valence-electron chi connectivity index (χ0n) is 12.1. The van der Waals surface area contributed by atoms with E-state index in [-0.39, 0.29) is 37.0 Å². The van der Waals surface area contributed by atoms with Crippen LogP contribution in [0.15, 0.2) is 12.3 Å². The second-order valence-corrected chi connectivity index (χ2v) is 5.76. The molecule has 1 fully saturated rings. The maximum absolute atomic E-state index is 13.0. The fourth-order valence-electron chi connectivity index (χ4n) is 2.30. The Kier molecular flexibility index (Phi) is 5.48. The van der Waals surface area contributed by atoms with Crippen molar-refractivity contribution in [2.24, 2.45) is 0 Å². The summed E-state index contributed by atoms with van der Waals surface area (Å²) < 4.78 is 88.1. The Hall–Kier alpha value is -1.29. The highest BCUT2D eigenvalue weighted by atomic mass is 35.5. The maximum Gasteiger partial charge on any atom is 0.417 e. The molecule has 3 nitrogen and oxygen atoms in total. The number of nitrogens with zero attached hydrogens (tertiary/aromatic N) is 3. The van der Waals surface area contributed by atoms with Crippen LogP contribution in [0.4, 0.5) is 36.6 Å². The van der Waals surface area contributed by atoms with Gasteiger partial charge in [-0.3, -0.25) is 4.90 Å². The Morgan fingerprint density at radius 3 is 2.12 bits per heavy atom. The summed E-state index contributed by atoms with van der Waals surface area (Å²) in [6.07, 6.45) is -7.69. The second-order valence-electron chi connectivity index (χ2n) is 5.35. The van der Waals surface area contributed by atoms with E-state index in [1.54, 1.807) is 0 Å². The molecule has 1 saturated heterocycles. The summed E-state index contributed by atoms with van der Waals surface area (Å²) in [5, 5.41) is -0.212. The third kappa shape index (κ3) is 4.41. The molecular weight excluding hydrogens is 367 g/mol. The molecule has 0 saturated carbocycles. The van der Waals surface area contributed by atoms with Gasteiger partial charge in [-0.25, -0.2) is 13.8 Å². The quantitative estimate of drug-likeness (QED) is 0.742. The summed E-state index contributed by atoms with van der Waals surface area (Å²) in [7, 11) is 0. The van der Waals surface area contributed by atoms with Crippen LogP contribution in [0, 0.1) is 0 Å². The molecule has 0 spiro atoms. The molecule has 2 heterocycles. The minimum Gasteiger partial charge on any atom is -0.353 e. The van der Waals surface area contributed by atoms with Crippen LogP contribution >= 0.6 is 11.6 Å². The molecule has 1 aromatic rings. The van der Waals surface area contributed by atoms with Crippen molar-refractivity contribution < 1.29 is 30.7 Å². The van der Waals surface area contributed by atoms with Gasteiger partial charge in [0.1, 0.15) is 5.82 Å². The highest BCUT2D eigenvalue weighted by molar-refractivity contribution is 6.33. The van der Waals surface area contributed by atoms with Gasteiger partial charge >= 0.3 is 18.5 Å². The molecular formula is C13H13ClF7N3. The predicted molar refractivity (Wildman–Crippen MR) is 73.9 cm³/mol. The van der Waals surface area contributed by atoms with Crippen LogP contribution in [0.25, 0.3) is 0 Å². The Labute approximate surface area is 138 Å². The molecule has 0 unspecified atom stereocenters. The van der Waals surface area contributed by atoms with E-state index in [0.29, 0.717) is 6.20 Å². The van der Waals surface area contributed by atoms with Crippen LogP contribution in [-0.4, -0.2) is 55.0 Å². The number of piperazine rings is 1. The van der Waals surface area contributed by atoms with E-state index in [1.165, 1.54) is 9.80 Å². The molecule has 0 bridgehead atoms. The molecule has 2 rings (SSSR count). The van der Waals surface area contributed by atoms with Crippen LogP contribution in [0.5, 0.6) is 0 Å². The van der Waals surface area contributed by atoms with Gasteiger partial charge in [0.25, 0.3) is 0 Å². The van der Waals surface area contributed by atoms with Gasteiger partial charge in [-0.2, -0.15) is 22.0 Å². The van der Waals surface area contributed by atoms with Crippen molar-refractivity contribution in [1.82, 2.24) is 9.88 Å². The smallest absolute Gasteiger partial charge is 0.353 e. The number of rotatable bonds is 4. The summed E-state index contributed by atoms with van der Waals surface area (Å²) in [5.41, 5.74) is -0.994. The molecule has 1 aromatic heterocycles. The lowest BCUT2D eigenvalue weighted by molar-refractivity contribution is -0.142. The van der Waals surface area contributed by atoms with Gasteiger partial charge in [-0.1, -0.05) is 11.6 Å². The Balaban J connectivity index is 2.00. The molecule has 0 aromatic carbocycles. The van der Waals surface area contributed by atoms with Gasteiger partial charge in [0.05, 0.1) is 17.1 Å². The van der Waals surface area contributed by atoms with Crippen LogP contribution < -0.4 is 4.90 Å². The van der Waals surface area contributed by atoms with E-state index in [2.05, 4.69) is 4.98 Å². The SMILES string of the molecule is FC(F)C(F)(F)CN1CCN(c2ncc(C(F)(F)F)cc2Cl)CC1. The van der Waals surface area contributed by atoms with E-state index >= 15 is 0 Å². The summed E-state index contributed by atoms with van der Waals surface area (Å²) in [6, 6.07) is 0.737. The average Bonchev–Trinajstić information content (AvgIpc) is 2.46. The second kappa shape index (κ2) is 6.91. The molecule has 0 atom stereocenters. The lowest BCUT2D eigenvalue weighted by Crippen LogP contribution is -2.51. The fourth-order valence-corrected chi connectivity index (χ4v) is 2.59. The molecule has 11 heteroatoms. The fraction of sp³-hybridized carbons (Fsp3) is 0.615. The van der Waals surface area contributed by atoms with E-state index < -0.39 is 30.6 Å². The number of halogens is 8. The van der Waals surface area contributed by atoms with E-state index in [1.807, 2.05) is 0 Å². The van der Waals surface area contributed by atoms with Crippen LogP contribution in [-0.2, 0) is 6.18 Å². The van der Waals surface area contributed by atoms with Gasteiger partial charge < -0.3 is 4.90 Å². The van der Waals surface area contributed by atoms with Gasteiger partial charge in [0.2, 0.25) is 0 Å². The molecule has 0 N–H and O–H groups in total. The first-order valence-electron chi connectivity index (χ1n) is 6.87. The minimum absolute atomic E-state index is 0.0430. The molecule has 24 heavy (non-hydrogen) atoms. The summed E-state index contributed by atoms with van der Waals surface area (Å²) in [6.45, 7) is -0.718. The van der Waals surface area contributed by atoms with E-state index in [9.17, 15) is 30.7 Å². The Bertz CT molecular complexity index is 571. The topological polar surface area (TPSA) is 19.4 Å². The van der Waals surface area contributed by atoms with Crippen molar-refractivity contribution in [3.8, 4) is 0 Å². The van der Waals surface area contributed by atoms with Gasteiger partial charge in [-0.15, -0.1) is 0 Å². The first-order chi connectivity index (χ1) is 11.0. The normalized spacial score (nSPS) is 17.6. The first-order valence-corrected chi connectivity index (χ1v) is 7.24. The van der Waals surface area contributed by atoms with Crippen molar-refractivity contribution in [2.45, 2.75) is 18.5 Å². The van der Waals surface area contributed by atoms with Crippen molar-refractivity contribution in [1.29, 1.82) is 0 Å². The molecule has 0 aliphatic carbocycles. The zero-order chi connectivity index (χ0) is 18.1. The monoisotopic (exact) mass is 379 g/mol. The summed E-state index contributed by atoms with van der Waals surface area (Å²) >= 11 is 5.82. The molecule has 0 amide bonds. The highest BCUT2D eigenvalue weighted by Crippen LogP contribution is 2.34. The third-order valence-corrected chi connectivity index (χ3v) is 3.85. The van der Waals surface area contributed by atoms with Crippen molar-refractivity contribution in [3.05, 3.63) is 22.8 Å². The number of aromatic nitrogens is 1. The molecule has 0 radical (unpaired) electrons. The lowest BCUT2D eigenvalue weighted by atomic mass is 10.2. The van der Waals surface area contributed by atoms with Crippen molar-refractivity contribution >= 4 is 17.4 Å². The lowest BCUT2D eigenvalue weighted by Gasteiger charge is -2.37. The van der Waals surface area contributed by atoms with E-state index in [0.717, 1.165) is 6.07 Å². The maximum atomic E-state index is 13.0. The van der Waals surface area contributed by atoms with Crippen LogP contribution in [0.2, 0.25) is 5.02 Å². The Morgan fingerprint density at radius 2 is 1.67 bits per heavy atom. The average molecular weight is 380 g/mol. The van der Waals surface area contributed by atoms with Gasteiger partial charge in [0, 0.05) is 32.4 Å². The van der Waals surface area contributed by atoms with Crippen LogP contribution in [0.1, 0.15) is 5.56 Å². The largest absolute Gasteiger partial charge is 0.417 e. The molecule has 136 valence electrons. The Morgan fingerprint density at radius 1 is 1.08 bits per heavy atom. The number of alkyl halides is 7. The first kappa shape index (κ1) is 19.0. The van der Waals surface area contributed by atoms with Gasteiger partial charge in [0.15, 0.2) is 0 Å². The number of hydrogen-bond acceptors (Lipinski definition) is 3. The summed E-state index contributed by atoms with van der Waals surface area (Å²) in [4.78, 5) is 6.38. The molecule has 1 aliphatic rings. The zero-order valence-corrected chi connectivity index (χ0v) is 12.9. The number of anilines is 1. The highest BCUT2D eigenvalue weighted by Gasteiger charge is 2.42. The number of pyridine rings is 1. The van der Waals surface area contributed by atoms with E-state index in [4.69, 9.17) is 11.6 Å². The predicted octanol–water partition coefficient (Wildman–Crippen LogP) is 3.78. The van der Waals surface area contributed by atoms with Gasteiger partial charge in [-0.05, 0) is 6.07 Å². The van der Waals surface area contributed by atoms with Crippen molar-refractivity contribution in [3.63, 3.8) is 0 Å². The van der Waals surface area contributed by atoms with Crippen LogP contribution in [0.3, 0.4) is 0 Å². The number of hydrogen-bond donors (Lipinski definition) is 0. The standard InChI is InChI=1S/C13H13ClF7N3/c14-9-5-8(13(19,20)21)6-22-10(9)24-3-1-23(2-4-24)7-12(17,18)11(15)16/h5-6,11H,1-4,7H2. The van der Waals surface area contributed by atoms with Crippen molar-refractivity contribution in [2.75, 3.05) is 37.6 Å². The molecule has 1 aliphatic heterocycles.